The highest BCUT2D eigenvalue weighted by Gasteiger charge is 2.34. The van der Waals surface area contributed by atoms with Crippen LogP contribution in [0.1, 0.15) is 5.56 Å². The lowest BCUT2D eigenvalue weighted by atomic mass is 10.2. The van der Waals surface area contributed by atoms with Crippen LogP contribution >= 0.6 is 11.6 Å². The largest absolute Gasteiger partial charge is 0.501 e. The summed E-state index contributed by atoms with van der Waals surface area (Å²) in [6.07, 6.45) is -4.75. The third-order valence-electron chi connectivity index (χ3n) is 1.57. The summed E-state index contributed by atoms with van der Waals surface area (Å²) >= 11 is 5.21. The number of aromatic hydroxyl groups is 1. The second-order valence-corrected chi connectivity index (χ2v) is 2.99. The lowest BCUT2D eigenvalue weighted by Crippen LogP contribution is -2.05. The van der Waals surface area contributed by atoms with Crippen LogP contribution in [0.4, 0.5) is 18.9 Å². The quantitative estimate of drug-likeness (QED) is 0.607. The number of phenolic OH excluding ortho intramolecular Hbond substituents is 1. The molecule has 0 atom stereocenters. The monoisotopic (exact) mass is 241 g/mol. The van der Waals surface area contributed by atoms with Crippen LogP contribution in [0.15, 0.2) is 12.1 Å². The highest BCUT2D eigenvalue weighted by atomic mass is 35.5. The molecule has 0 spiro atoms. The van der Waals surface area contributed by atoms with Gasteiger partial charge in [-0.1, -0.05) is 11.6 Å². The van der Waals surface area contributed by atoms with Crippen LogP contribution in [0, 0.1) is 10.1 Å². The van der Waals surface area contributed by atoms with E-state index in [1.807, 2.05) is 0 Å². The molecule has 8 heteroatoms. The van der Waals surface area contributed by atoms with Gasteiger partial charge in [0.15, 0.2) is 0 Å². The molecular weight excluding hydrogens is 239 g/mol. The number of halogens is 4. The first kappa shape index (κ1) is 11.6. The van der Waals surface area contributed by atoms with Gasteiger partial charge >= 0.3 is 11.9 Å². The molecule has 0 bridgehead atoms. The number of hydrogen-bond acceptors (Lipinski definition) is 3. The van der Waals surface area contributed by atoms with Crippen molar-refractivity contribution in [2.75, 3.05) is 0 Å². The van der Waals surface area contributed by atoms with Gasteiger partial charge in [0.1, 0.15) is 0 Å². The first-order chi connectivity index (χ1) is 6.73. The SMILES string of the molecule is O=[N+]([O-])c1cc(C(F)(F)F)cc(Cl)c1O. The van der Waals surface area contributed by atoms with E-state index in [0.717, 1.165) is 0 Å². The van der Waals surface area contributed by atoms with Gasteiger partial charge < -0.3 is 5.11 Å². The normalized spacial score (nSPS) is 11.5. The molecule has 0 aliphatic heterocycles. The Morgan fingerprint density at radius 3 is 2.33 bits per heavy atom. The minimum absolute atomic E-state index is 0.223. The first-order valence-electron chi connectivity index (χ1n) is 3.47. The summed E-state index contributed by atoms with van der Waals surface area (Å²) in [5, 5.41) is 18.6. The molecule has 1 N–H and O–H groups in total. The minimum atomic E-state index is -4.75. The van der Waals surface area contributed by atoms with Crippen molar-refractivity contribution in [2.45, 2.75) is 6.18 Å². The Bertz CT molecular complexity index is 419. The summed E-state index contributed by atoms with van der Waals surface area (Å²) in [5.41, 5.74) is -2.35. The van der Waals surface area contributed by atoms with Crippen molar-refractivity contribution in [3.8, 4) is 5.75 Å². The van der Waals surface area contributed by atoms with Crippen LogP contribution in [0.2, 0.25) is 5.02 Å². The third-order valence-corrected chi connectivity index (χ3v) is 1.86. The van der Waals surface area contributed by atoms with E-state index in [-0.39, 0.29) is 6.07 Å². The smallest absolute Gasteiger partial charge is 0.416 e. The van der Waals surface area contributed by atoms with Gasteiger partial charge in [-0.2, -0.15) is 13.2 Å². The van der Waals surface area contributed by atoms with Gasteiger partial charge in [0.2, 0.25) is 5.75 Å². The van der Waals surface area contributed by atoms with E-state index in [1.165, 1.54) is 0 Å². The summed E-state index contributed by atoms with van der Waals surface area (Å²) < 4.78 is 36.5. The van der Waals surface area contributed by atoms with E-state index in [1.54, 1.807) is 0 Å². The number of nitrogens with zero attached hydrogens (tertiary/aromatic N) is 1. The molecule has 0 unspecified atom stereocenters. The van der Waals surface area contributed by atoms with E-state index in [2.05, 4.69) is 0 Å². The van der Waals surface area contributed by atoms with Crippen LogP contribution < -0.4 is 0 Å². The van der Waals surface area contributed by atoms with Crippen molar-refractivity contribution >= 4 is 17.3 Å². The molecule has 0 radical (unpaired) electrons. The van der Waals surface area contributed by atoms with Crippen molar-refractivity contribution in [3.63, 3.8) is 0 Å². The van der Waals surface area contributed by atoms with Gasteiger partial charge in [-0.25, -0.2) is 0 Å². The van der Waals surface area contributed by atoms with E-state index in [0.29, 0.717) is 6.07 Å². The highest BCUT2D eigenvalue weighted by Crippen LogP contribution is 2.40. The Morgan fingerprint density at radius 1 is 1.40 bits per heavy atom. The second-order valence-electron chi connectivity index (χ2n) is 2.58. The Labute approximate surface area is 86.0 Å². The second kappa shape index (κ2) is 3.58. The fourth-order valence-corrected chi connectivity index (χ4v) is 1.10. The van der Waals surface area contributed by atoms with Crippen molar-refractivity contribution in [3.05, 3.63) is 32.8 Å². The molecule has 0 aromatic heterocycles. The van der Waals surface area contributed by atoms with E-state index in [9.17, 15) is 23.3 Å². The average Bonchev–Trinajstić information content (AvgIpc) is 2.06. The molecular formula is C7H3ClF3NO3. The lowest BCUT2D eigenvalue weighted by molar-refractivity contribution is -0.386. The van der Waals surface area contributed by atoms with Crippen LogP contribution in [-0.4, -0.2) is 10.0 Å². The predicted molar refractivity (Wildman–Crippen MR) is 44.8 cm³/mol. The molecule has 4 nitrogen and oxygen atoms in total. The molecule has 0 saturated carbocycles. The number of hydrogen-bond donors (Lipinski definition) is 1. The Balaban J connectivity index is 3.43. The maximum Gasteiger partial charge on any atom is 0.416 e. The highest BCUT2D eigenvalue weighted by molar-refractivity contribution is 6.32. The molecule has 1 aromatic rings. The maximum atomic E-state index is 12.2. The molecule has 1 aromatic carbocycles. The fourth-order valence-electron chi connectivity index (χ4n) is 0.887. The number of nitro benzene ring substituents is 1. The maximum absolute atomic E-state index is 12.2. The van der Waals surface area contributed by atoms with Gasteiger partial charge in [-0.15, -0.1) is 0 Å². The lowest BCUT2D eigenvalue weighted by Gasteiger charge is -2.07. The van der Waals surface area contributed by atoms with E-state index >= 15 is 0 Å². The van der Waals surface area contributed by atoms with Crippen LogP contribution in [0.25, 0.3) is 0 Å². The van der Waals surface area contributed by atoms with Crippen LogP contribution in [-0.2, 0) is 6.18 Å². The third kappa shape index (κ3) is 2.30. The van der Waals surface area contributed by atoms with Crippen LogP contribution in [0.3, 0.4) is 0 Å². The zero-order valence-corrected chi connectivity index (χ0v) is 7.63. The molecule has 1 rings (SSSR count). The molecule has 15 heavy (non-hydrogen) atoms. The Kier molecular flexibility index (Phi) is 2.76. The summed E-state index contributed by atoms with van der Waals surface area (Å²) in [5.74, 6) is -0.977. The standard InChI is InChI=1S/C7H3ClF3NO3/c8-4-1-3(7(9,10)11)2-5(6(4)13)12(14)15/h1-2,13H. The van der Waals surface area contributed by atoms with Crippen molar-refractivity contribution in [2.24, 2.45) is 0 Å². The van der Waals surface area contributed by atoms with Crippen LogP contribution in [0.5, 0.6) is 5.75 Å². The minimum Gasteiger partial charge on any atom is -0.501 e. The molecule has 0 heterocycles. The van der Waals surface area contributed by atoms with E-state index < -0.39 is 33.1 Å². The van der Waals surface area contributed by atoms with Crippen molar-refractivity contribution < 1.29 is 23.2 Å². The Hall–Kier alpha value is -1.50. The number of nitro groups is 1. The van der Waals surface area contributed by atoms with Gasteiger partial charge in [-0.3, -0.25) is 10.1 Å². The molecule has 0 aliphatic rings. The summed E-state index contributed by atoms with van der Waals surface area (Å²) in [6.45, 7) is 0. The molecule has 0 aliphatic carbocycles. The van der Waals surface area contributed by atoms with Gasteiger partial charge in [0, 0.05) is 6.07 Å². The zero-order valence-electron chi connectivity index (χ0n) is 6.88. The molecule has 82 valence electrons. The summed E-state index contributed by atoms with van der Waals surface area (Å²) in [6, 6.07) is 0.644. The average molecular weight is 242 g/mol. The van der Waals surface area contributed by atoms with Gasteiger partial charge in [0.05, 0.1) is 15.5 Å². The molecule has 0 fully saturated rings. The number of alkyl halides is 3. The first-order valence-corrected chi connectivity index (χ1v) is 3.85. The summed E-state index contributed by atoms with van der Waals surface area (Å²) in [7, 11) is 0. The molecule has 0 amide bonds. The van der Waals surface area contributed by atoms with E-state index in [4.69, 9.17) is 16.7 Å². The number of phenols is 1. The fraction of sp³-hybridized carbons (Fsp3) is 0.143. The van der Waals surface area contributed by atoms with Gasteiger partial charge in [0.25, 0.3) is 0 Å². The van der Waals surface area contributed by atoms with Crippen molar-refractivity contribution in [1.29, 1.82) is 0 Å². The molecule has 0 saturated heterocycles. The number of benzene rings is 1. The predicted octanol–water partition coefficient (Wildman–Crippen LogP) is 2.97. The topological polar surface area (TPSA) is 63.4 Å². The van der Waals surface area contributed by atoms with Gasteiger partial charge in [-0.05, 0) is 6.07 Å². The van der Waals surface area contributed by atoms with Crippen molar-refractivity contribution in [1.82, 2.24) is 0 Å². The Morgan fingerprint density at radius 2 is 1.93 bits per heavy atom. The zero-order chi connectivity index (χ0) is 11.8. The number of rotatable bonds is 1. The summed E-state index contributed by atoms with van der Waals surface area (Å²) in [4.78, 5) is 9.13.